The van der Waals surface area contributed by atoms with Crippen LogP contribution in [0.3, 0.4) is 0 Å². The topological polar surface area (TPSA) is 55.2 Å². The third-order valence-corrected chi connectivity index (χ3v) is 3.34. The van der Waals surface area contributed by atoms with Crippen molar-refractivity contribution in [3.63, 3.8) is 0 Å². The molecule has 0 amide bonds. The summed E-state index contributed by atoms with van der Waals surface area (Å²) in [5.74, 6) is -0.605. The molecule has 0 bridgehead atoms. The second-order valence-corrected chi connectivity index (χ2v) is 4.98. The number of benzene rings is 2. The van der Waals surface area contributed by atoms with Gasteiger partial charge in [0.05, 0.1) is 20.7 Å². The smallest absolute Gasteiger partial charge is 0.311 e. The highest BCUT2D eigenvalue weighted by Gasteiger charge is 2.20. The fraction of sp³-hybridized carbons (Fsp3) is 0. The van der Waals surface area contributed by atoms with Crippen LogP contribution in [0.1, 0.15) is 0 Å². The van der Waals surface area contributed by atoms with E-state index in [0.717, 1.165) is 12.1 Å². The van der Waals surface area contributed by atoms with Gasteiger partial charge in [0, 0.05) is 0 Å². The molecule has 2 aromatic rings. The van der Waals surface area contributed by atoms with Gasteiger partial charge in [0.25, 0.3) is 0 Å². The molecule has 0 atom stereocenters. The highest BCUT2D eigenvalue weighted by molar-refractivity contribution is 6.39. The molecule has 20 heavy (non-hydrogen) atoms. The Kier molecular flexibility index (Phi) is 4.32. The van der Waals surface area contributed by atoms with Gasteiger partial charge in [0.15, 0.2) is 0 Å². The van der Waals surface area contributed by atoms with Crippen LogP contribution in [0, 0.1) is 15.9 Å². The van der Waals surface area contributed by atoms with E-state index in [2.05, 4.69) is 5.32 Å². The van der Waals surface area contributed by atoms with Gasteiger partial charge in [-0.2, -0.15) is 0 Å². The summed E-state index contributed by atoms with van der Waals surface area (Å²) < 4.78 is 13.1. The van der Waals surface area contributed by atoms with Crippen molar-refractivity contribution in [2.45, 2.75) is 0 Å². The monoisotopic (exact) mass is 334 g/mol. The number of rotatable bonds is 3. The van der Waals surface area contributed by atoms with E-state index in [1.54, 1.807) is 0 Å². The van der Waals surface area contributed by atoms with E-state index in [9.17, 15) is 14.5 Å². The molecule has 0 aliphatic heterocycles. The van der Waals surface area contributed by atoms with Crippen LogP contribution in [0.5, 0.6) is 0 Å². The second kappa shape index (κ2) is 5.83. The molecule has 2 aromatic carbocycles. The Balaban J connectivity index is 2.51. The van der Waals surface area contributed by atoms with Crippen molar-refractivity contribution in [3.8, 4) is 0 Å². The van der Waals surface area contributed by atoms with Crippen LogP contribution < -0.4 is 5.32 Å². The lowest BCUT2D eigenvalue weighted by Gasteiger charge is -2.11. The molecule has 0 radical (unpaired) electrons. The lowest BCUT2D eigenvalue weighted by atomic mass is 10.2. The first-order chi connectivity index (χ1) is 9.40. The number of nitro benzene ring substituents is 1. The average molecular weight is 336 g/mol. The fourth-order valence-corrected chi connectivity index (χ4v) is 2.40. The van der Waals surface area contributed by atoms with Crippen LogP contribution in [0.25, 0.3) is 0 Å². The number of hydrogen-bond acceptors (Lipinski definition) is 3. The third-order valence-electron chi connectivity index (χ3n) is 2.44. The van der Waals surface area contributed by atoms with Gasteiger partial charge in [-0.25, -0.2) is 4.39 Å². The first-order valence-corrected chi connectivity index (χ1v) is 6.38. The summed E-state index contributed by atoms with van der Waals surface area (Å²) >= 11 is 17.5. The average Bonchev–Trinajstić information content (AvgIpc) is 2.33. The van der Waals surface area contributed by atoms with Crippen LogP contribution >= 0.6 is 34.8 Å². The summed E-state index contributed by atoms with van der Waals surface area (Å²) in [5, 5.41) is 13.7. The summed E-state index contributed by atoms with van der Waals surface area (Å²) in [6.45, 7) is 0. The van der Waals surface area contributed by atoms with Crippen LogP contribution in [0.2, 0.25) is 15.1 Å². The summed E-state index contributed by atoms with van der Waals surface area (Å²) in [6, 6.07) is 6.46. The van der Waals surface area contributed by atoms with Gasteiger partial charge < -0.3 is 5.32 Å². The van der Waals surface area contributed by atoms with Gasteiger partial charge in [-0.3, -0.25) is 10.1 Å². The Bertz CT molecular complexity index is 671. The van der Waals surface area contributed by atoms with Gasteiger partial charge in [-0.05, 0) is 24.3 Å². The minimum absolute atomic E-state index is 0.00396. The molecule has 0 spiro atoms. The zero-order valence-corrected chi connectivity index (χ0v) is 11.9. The Hall–Kier alpha value is -1.56. The van der Waals surface area contributed by atoms with Crippen molar-refractivity contribution >= 4 is 51.9 Å². The molecule has 4 nitrogen and oxygen atoms in total. The third kappa shape index (κ3) is 2.95. The highest BCUT2D eigenvalue weighted by Crippen LogP contribution is 2.39. The SMILES string of the molecule is O=[N+]([O-])c1c(Cl)cccc1Nc1c(Cl)cc(F)cc1Cl. The Morgan fingerprint density at radius 1 is 1.10 bits per heavy atom. The molecule has 0 fully saturated rings. The molecule has 0 aliphatic carbocycles. The van der Waals surface area contributed by atoms with Crippen LogP contribution in [-0.4, -0.2) is 4.92 Å². The molecule has 0 saturated carbocycles. The molecule has 0 aromatic heterocycles. The van der Waals surface area contributed by atoms with Crippen molar-refractivity contribution in [2.24, 2.45) is 0 Å². The number of hydrogen-bond donors (Lipinski definition) is 1. The number of para-hydroxylation sites is 1. The van der Waals surface area contributed by atoms with Crippen molar-refractivity contribution in [1.82, 2.24) is 0 Å². The van der Waals surface area contributed by atoms with E-state index < -0.39 is 10.7 Å². The molecule has 2 rings (SSSR count). The summed E-state index contributed by atoms with van der Waals surface area (Å²) in [7, 11) is 0. The highest BCUT2D eigenvalue weighted by atomic mass is 35.5. The molecule has 0 aliphatic rings. The predicted molar refractivity (Wildman–Crippen MR) is 77.8 cm³/mol. The first-order valence-electron chi connectivity index (χ1n) is 5.24. The zero-order chi connectivity index (χ0) is 14.9. The maximum absolute atomic E-state index is 13.1. The van der Waals surface area contributed by atoms with Gasteiger partial charge in [0.1, 0.15) is 16.5 Å². The van der Waals surface area contributed by atoms with Gasteiger partial charge in [-0.1, -0.05) is 40.9 Å². The summed E-state index contributed by atoms with van der Waals surface area (Å²) in [6.07, 6.45) is 0. The van der Waals surface area contributed by atoms with E-state index in [4.69, 9.17) is 34.8 Å². The lowest BCUT2D eigenvalue weighted by molar-refractivity contribution is -0.383. The Labute approximate surface area is 128 Å². The molecule has 0 unspecified atom stereocenters. The number of nitro groups is 1. The van der Waals surface area contributed by atoms with Crippen molar-refractivity contribution in [1.29, 1.82) is 0 Å². The second-order valence-electron chi connectivity index (χ2n) is 3.76. The van der Waals surface area contributed by atoms with Crippen LogP contribution in [0.15, 0.2) is 30.3 Å². The quantitative estimate of drug-likeness (QED) is 0.600. The predicted octanol–water partition coefficient (Wildman–Crippen LogP) is 5.44. The van der Waals surface area contributed by atoms with Crippen molar-refractivity contribution < 1.29 is 9.31 Å². The Morgan fingerprint density at radius 2 is 1.70 bits per heavy atom. The van der Waals surface area contributed by atoms with Gasteiger partial charge in [0.2, 0.25) is 0 Å². The molecule has 0 heterocycles. The van der Waals surface area contributed by atoms with E-state index in [1.807, 2.05) is 0 Å². The number of nitrogens with zero attached hydrogens (tertiary/aromatic N) is 1. The number of anilines is 2. The van der Waals surface area contributed by atoms with E-state index in [-0.39, 0.29) is 32.1 Å². The molecular weight excluding hydrogens is 330 g/mol. The minimum atomic E-state index is -0.629. The standard InChI is InChI=1S/C12H6Cl3FN2O2/c13-7-2-1-3-10(12(7)18(19)20)17-11-8(14)4-6(16)5-9(11)15/h1-5,17H. The van der Waals surface area contributed by atoms with Crippen LogP contribution in [-0.2, 0) is 0 Å². The van der Waals surface area contributed by atoms with E-state index in [1.165, 1.54) is 18.2 Å². The molecule has 8 heteroatoms. The fourth-order valence-electron chi connectivity index (χ4n) is 1.60. The minimum Gasteiger partial charge on any atom is -0.347 e. The molecule has 1 N–H and O–H groups in total. The zero-order valence-electron chi connectivity index (χ0n) is 9.66. The maximum Gasteiger partial charge on any atom is 0.311 e. The summed E-state index contributed by atoms with van der Waals surface area (Å²) in [5.41, 5.74) is -0.0383. The Morgan fingerprint density at radius 3 is 2.25 bits per heavy atom. The van der Waals surface area contributed by atoms with Gasteiger partial charge >= 0.3 is 5.69 Å². The molecule has 104 valence electrons. The maximum atomic E-state index is 13.1. The molecule has 0 saturated heterocycles. The lowest BCUT2D eigenvalue weighted by Crippen LogP contribution is -1.99. The van der Waals surface area contributed by atoms with E-state index in [0.29, 0.717) is 0 Å². The number of halogens is 4. The molecular formula is C12H6Cl3FN2O2. The van der Waals surface area contributed by atoms with Crippen LogP contribution in [0.4, 0.5) is 21.5 Å². The first kappa shape index (κ1) is 14.8. The normalized spacial score (nSPS) is 10.4. The van der Waals surface area contributed by atoms with Crippen molar-refractivity contribution in [2.75, 3.05) is 5.32 Å². The largest absolute Gasteiger partial charge is 0.347 e. The number of nitrogens with one attached hydrogen (secondary N) is 1. The van der Waals surface area contributed by atoms with E-state index >= 15 is 0 Å². The summed E-state index contributed by atoms with van der Waals surface area (Å²) in [4.78, 5) is 10.4. The van der Waals surface area contributed by atoms with Crippen molar-refractivity contribution in [3.05, 3.63) is 61.3 Å². The van der Waals surface area contributed by atoms with Gasteiger partial charge in [-0.15, -0.1) is 0 Å².